The first kappa shape index (κ1) is 23.1. The average Bonchev–Trinajstić information content (AvgIpc) is 3.40. The molecular formula is C26H33ClN2O3. The lowest BCUT2D eigenvalue weighted by atomic mass is 9.96. The van der Waals surface area contributed by atoms with Crippen molar-refractivity contribution in [3.8, 4) is 5.75 Å². The fourth-order valence-electron chi connectivity index (χ4n) is 5.17. The molecule has 3 atom stereocenters. The molecule has 0 aliphatic carbocycles. The average molecular weight is 457 g/mol. The Labute approximate surface area is 196 Å². The second-order valence-electron chi connectivity index (χ2n) is 8.98. The normalized spacial score (nSPS) is 21.2. The molecule has 2 aromatic carbocycles. The Morgan fingerprint density at radius 3 is 2.47 bits per heavy atom. The molecule has 172 valence electrons. The van der Waals surface area contributed by atoms with E-state index in [9.17, 15) is 4.79 Å². The molecule has 2 fully saturated rings. The van der Waals surface area contributed by atoms with Crippen LogP contribution in [0.4, 0.5) is 0 Å². The molecular weight excluding hydrogens is 424 g/mol. The van der Waals surface area contributed by atoms with Crippen molar-refractivity contribution in [2.75, 3.05) is 33.4 Å². The molecule has 32 heavy (non-hydrogen) atoms. The second-order valence-corrected chi connectivity index (χ2v) is 9.41. The molecule has 0 spiro atoms. The minimum atomic E-state index is 0.114. The van der Waals surface area contributed by atoms with Gasteiger partial charge in [-0.25, -0.2) is 0 Å². The van der Waals surface area contributed by atoms with Gasteiger partial charge in [0.2, 0.25) is 0 Å². The SMILES string of the molecule is COCCCOc1ccc([C@H](C)N2C[C@@H]3C[C@H]2CN3C(=O)c2ccc(Cl)cc2)c(C)c1C. The molecule has 0 saturated carbocycles. The molecule has 2 bridgehead atoms. The third kappa shape index (κ3) is 4.52. The second kappa shape index (κ2) is 9.82. The number of methoxy groups -OCH3 is 1. The summed E-state index contributed by atoms with van der Waals surface area (Å²) in [7, 11) is 1.71. The largest absolute Gasteiger partial charge is 0.493 e. The molecule has 2 heterocycles. The van der Waals surface area contributed by atoms with Crippen LogP contribution in [0.25, 0.3) is 0 Å². The molecule has 2 saturated heterocycles. The van der Waals surface area contributed by atoms with E-state index in [0.29, 0.717) is 35.9 Å². The number of hydrogen-bond donors (Lipinski definition) is 0. The van der Waals surface area contributed by atoms with E-state index in [0.717, 1.165) is 31.7 Å². The third-order valence-corrected chi connectivity index (χ3v) is 7.36. The van der Waals surface area contributed by atoms with Crippen molar-refractivity contribution in [1.29, 1.82) is 0 Å². The van der Waals surface area contributed by atoms with Crippen molar-refractivity contribution < 1.29 is 14.3 Å². The van der Waals surface area contributed by atoms with Gasteiger partial charge in [0, 0.05) is 61.9 Å². The highest BCUT2D eigenvalue weighted by Gasteiger charge is 2.47. The quantitative estimate of drug-likeness (QED) is 0.522. The molecule has 2 aliphatic rings. The van der Waals surface area contributed by atoms with Crippen LogP contribution in [0.3, 0.4) is 0 Å². The van der Waals surface area contributed by atoms with Gasteiger partial charge in [-0.2, -0.15) is 0 Å². The van der Waals surface area contributed by atoms with Crippen molar-refractivity contribution in [1.82, 2.24) is 9.80 Å². The van der Waals surface area contributed by atoms with Gasteiger partial charge < -0.3 is 14.4 Å². The van der Waals surface area contributed by atoms with Crippen LogP contribution in [0.1, 0.15) is 52.9 Å². The summed E-state index contributed by atoms with van der Waals surface area (Å²) in [4.78, 5) is 17.6. The van der Waals surface area contributed by atoms with Crippen LogP contribution in [0.2, 0.25) is 5.02 Å². The highest BCUT2D eigenvalue weighted by Crippen LogP contribution is 2.39. The van der Waals surface area contributed by atoms with Crippen LogP contribution >= 0.6 is 11.6 Å². The number of amides is 1. The molecule has 1 amide bonds. The van der Waals surface area contributed by atoms with Gasteiger partial charge >= 0.3 is 0 Å². The Morgan fingerprint density at radius 1 is 1.06 bits per heavy atom. The van der Waals surface area contributed by atoms with Gasteiger partial charge in [-0.3, -0.25) is 9.69 Å². The van der Waals surface area contributed by atoms with Crippen molar-refractivity contribution in [3.05, 3.63) is 63.7 Å². The van der Waals surface area contributed by atoms with Crippen LogP contribution in [-0.4, -0.2) is 61.2 Å². The van der Waals surface area contributed by atoms with Crippen molar-refractivity contribution in [3.63, 3.8) is 0 Å². The molecule has 6 heteroatoms. The fraction of sp³-hybridized carbons (Fsp3) is 0.500. The van der Waals surface area contributed by atoms with E-state index >= 15 is 0 Å². The lowest BCUT2D eigenvalue weighted by molar-refractivity contribution is 0.0569. The number of piperazine rings is 1. The number of rotatable bonds is 8. The Hall–Kier alpha value is -2.08. The minimum absolute atomic E-state index is 0.114. The number of benzene rings is 2. The van der Waals surface area contributed by atoms with Gasteiger partial charge in [-0.1, -0.05) is 17.7 Å². The first-order chi connectivity index (χ1) is 15.4. The molecule has 0 radical (unpaired) electrons. The number of hydrogen-bond acceptors (Lipinski definition) is 4. The zero-order valence-corrected chi connectivity index (χ0v) is 20.2. The number of fused-ring (bicyclic) bond motifs is 2. The molecule has 0 aromatic heterocycles. The Morgan fingerprint density at radius 2 is 1.81 bits per heavy atom. The highest BCUT2D eigenvalue weighted by atomic mass is 35.5. The fourth-order valence-corrected chi connectivity index (χ4v) is 5.29. The van der Waals surface area contributed by atoms with Gasteiger partial charge in [0.05, 0.1) is 6.61 Å². The summed E-state index contributed by atoms with van der Waals surface area (Å²) in [6.45, 7) is 9.69. The highest BCUT2D eigenvalue weighted by molar-refractivity contribution is 6.30. The van der Waals surface area contributed by atoms with Crippen LogP contribution in [0.5, 0.6) is 5.75 Å². The number of carbonyl (C=O) groups is 1. The van der Waals surface area contributed by atoms with Gasteiger partial charge in [0.15, 0.2) is 0 Å². The van der Waals surface area contributed by atoms with Gasteiger partial charge in [0.1, 0.15) is 5.75 Å². The summed E-state index contributed by atoms with van der Waals surface area (Å²) >= 11 is 5.98. The predicted octanol–water partition coefficient (Wildman–Crippen LogP) is 5.03. The summed E-state index contributed by atoms with van der Waals surface area (Å²) in [6, 6.07) is 12.5. The van der Waals surface area contributed by atoms with Crippen molar-refractivity contribution >= 4 is 17.5 Å². The summed E-state index contributed by atoms with van der Waals surface area (Å²) < 4.78 is 11.1. The first-order valence-corrected chi connectivity index (χ1v) is 11.8. The number of carbonyl (C=O) groups excluding carboxylic acids is 1. The summed E-state index contributed by atoms with van der Waals surface area (Å²) in [6.07, 6.45) is 1.93. The van der Waals surface area contributed by atoms with E-state index in [1.807, 2.05) is 17.0 Å². The van der Waals surface area contributed by atoms with E-state index < -0.39 is 0 Å². The van der Waals surface area contributed by atoms with Crippen LogP contribution in [0.15, 0.2) is 36.4 Å². The van der Waals surface area contributed by atoms with Gasteiger partial charge in [-0.05, 0) is 74.2 Å². The predicted molar refractivity (Wildman–Crippen MR) is 128 cm³/mol. The molecule has 0 unspecified atom stereocenters. The van der Waals surface area contributed by atoms with E-state index in [1.54, 1.807) is 19.2 Å². The number of ether oxygens (including phenoxy) is 2. The van der Waals surface area contributed by atoms with E-state index in [4.69, 9.17) is 21.1 Å². The summed E-state index contributed by atoms with van der Waals surface area (Å²) in [5.41, 5.74) is 4.55. The van der Waals surface area contributed by atoms with E-state index in [2.05, 4.69) is 37.8 Å². The van der Waals surface area contributed by atoms with Crippen molar-refractivity contribution in [2.24, 2.45) is 0 Å². The monoisotopic (exact) mass is 456 g/mol. The third-order valence-electron chi connectivity index (χ3n) is 7.11. The minimum Gasteiger partial charge on any atom is -0.493 e. The molecule has 0 N–H and O–H groups in total. The molecule has 5 nitrogen and oxygen atoms in total. The summed E-state index contributed by atoms with van der Waals surface area (Å²) in [5.74, 6) is 1.07. The van der Waals surface area contributed by atoms with Gasteiger partial charge in [0.25, 0.3) is 5.91 Å². The van der Waals surface area contributed by atoms with Crippen LogP contribution in [-0.2, 0) is 4.74 Å². The molecule has 2 aliphatic heterocycles. The Kier molecular flexibility index (Phi) is 7.08. The maximum absolute atomic E-state index is 13.0. The zero-order valence-electron chi connectivity index (χ0n) is 19.4. The lowest BCUT2D eigenvalue weighted by Crippen LogP contribution is -2.49. The number of halogens is 1. The topological polar surface area (TPSA) is 42.0 Å². The Bertz CT molecular complexity index is 962. The zero-order chi connectivity index (χ0) is 22.8. The maximum Gasteiger partial charge on any atom is 0.254 e. The van der Waals surface area contributed by atoms with Crippen molar-refractivity contribution in [2.45, 2.75) is 51.7 Å². The first-order valence-electron chi connectivity index (χ1n) is 11.4. The van der Waals surface area contributed by atoms with Crippen LogP contribution < -0.4 is 4.74 Å². The maximum atomic E-state index is 13.0. The summed E-state index contributed by atoms with van der Waals surface area (Å²) in [5, 5.41) is 0.654. The molecule has 4 rings (SSSR count). The molecule has 2 aromatic rings. The van der Waals surface area contributed by atoms with E-state index in [-0.39, 0.29) is 11.9 Å². The standard InChI is InChI=1S/C26H33ClN2O3/c1-17-18(2)25(32-13-5-12-31-4)11-10-24(17)19(3)28-15-23-14-22(28)16-29(23)26(30)20-6-8-21(27)9-7-20/h6-11,19,22-23H,5,12-16H2,1-4H3/t19-,22-,23-/m0/s1. The van der Waals surface area contributed by atoms with Crippen LogP contribution in [0, 0.1) is 13.8 Å². The number of nitrogens with zero attached hydrogens (tertiary/aromatic N) is 2. The Balaban J connectivity index is 1.41. The van der Waals surface area contributed by atoms with E-state index in [1.165, 1.54) is 16.7 Å². The number of likely N-dealkylation sites (tertiary alicyclic amines) is 2. The lowest BCUT2D eigenvalue weighted by Gasteiger charge is -2.38. The van der Waals surface area contributed by atoms with Gasteiger partial charge in [-0.15, -0.1) is 0 Å². The smallest absolute Gasteiger partial charge is 0.254 e.